The highest BCUT2D eigenvalue weighted by Gasteiger charge is 2.51. The predicted molar refractivity (Wildman–Crippen MR) is 74.8 cm³/mol. The quantitative estimate of drug-likeness (QED) is 0.523. The molecule has 0 radical (unpaired) electrons. The molecule has 5 heteroatoms. The molecule has 1 N–H and O–H groups in total. The minimum absolute atomic E-state index is 0.0507. The van der Waals surface area contributed by atoms with Crippen LogP contribution in [0.5, 0.6) is 0 Å². The molecular formula is C15H22N2O3. The van der Waals surface area contributed by atoms with Crippen molar-refractivity contribution in [2.75, 3.05) is 6.54 Å². The molecular weight excluding hydrogens is 256 g/mol. The van der Waals surface area contributed by atoms with Crippen molar-refractivity contribution in [1.82, 2.24) is 9.63 Å². The van der Waals surface area contributed by atoms with Crippen LogP contribution in [0.3, 0.4) is 0 Å². The summed E-state index contributed by atoms with van der Waals surface area (Å²) in [5, 5.41) is 11.5. The summed E-state index contributed by atoms with van der Waals surface area (Å²) < 4.78 is 1.88. The lowest BCUT2D eigenvalue weighted by Gasteiger charge is -2.55. The Kier molecular flexibility index (Phi) is 3.60. The first kappa shape index (κ1) is 14.9. The topological polar surface area (TPSA) is 62.5 Å². The fraction of sp³-hybridized carbons (Fsp3) is 0.600. The third-order valence-electron chi connectivity index (χ3n) is 5.14. The smallest absolute Gasteiger partial charge is 0.241 e. The van der Waals surface area contributed by atoms with Crippen LogP contribution < -0.4 is 0 Å². The summed E-state index contributed by atoms with van der Waals surface area (Å²) in [4.78, 5) is 22.5. The van der Waals surface area contributed by atoms with Crippen LogP contribution in [-0.2, 0) is 4.79 Å². The Morgan fingerprint density at radius 3 is 2.65 bits per heavy atom. The molecule has 0 amide bonds. The molecule has 1 aromatic rings. The van der Waals surface area contributed by atoms with E-state index < -0.39 is 11.3 Å². The van der Waals surface area contributed by atoms with Gasteiger partial charge in [0.05, 0.1) is 5.69 Å². The van der Waals surface area contributed by atoms with Gasteiger partial charge in [-0.2, -0.15) is 5.06 Å². The standard InChI is InChI=1S/C15H22N2O3/c1-14(2)13(7-9-17(20)15(14,3)4)16-8-5-6-11(16)12(19)10-18/h5-6,8,10,13,20H,7,9H2,1-4H3. The second-order valence-corrected chi connectivity index (χ2v) is 6.49. The second kappa shape index (κ2) is 4.82. The fourth-order valence-electron chi connectivity index (χ4n) is 3.05. The van der Waals surface area contributed by atoms with Crippen molar-refractivity contribution in [2.45, 2.75) is 45.7 Å². The second-order valence-electron chi connectivity index (χ2n) is 6.49. The molecule has 1 saturated heterocycles. The maximum absolute atomic E-state index is 11.7. The van der Waals surface area contributed by atoms with Gasteiger partial charge in [0.15, 0.2) is 6.29 Å². The number of hydrogen-bond acceptors (Lipinski definition) is 4. The van der Waals surface area contributed by atoms with Crippen LogP contribution in [0.15, 0.2) is 18.3 Å². The zero-order chi connectivity index (χ0) is 15.1. The molecule has 1 aliphatic rings. The zero-order valence-corrected chi connectivity index (χ0v) is 12.5. The molecule has 0 spiro atoms. The van der Waals surface area contributed by atoms with Gasteiger partial charge in [-0.25, -0.2) is 0 Å². The van der Waals surface area contributed by atoms with Gasteiger partial charge >= 0.3 is 0 Å². The maximum Gasteiger partial charge on any atom is 0.241 e. The van der Waals surface area contributed by atoms with Crippen LogP contribution in [0.2, 0.25) is 0 Å². The maximum atomic E-state index is 11.7. The molecule has 20 heavy (non-hydrogen) atoms. The van der Waals surface area contributed by atoms with Gasteiger partial charge in [0.2, 0.25) is 5.78 Å². The van der Waals surface area contributed by atoms with Crippen LogP contribution in [0.4, 0.5) is 0 Å². The fourth-order valence-corrected chi connectivity index (χ4v) is 3.05. The number of hydrogen-bond donors (Lipinski definition) is 1. The summed E-state index contributed by atoms with van der Waals surface area (Å²) in [6, 6.07) is 3.51. The normalized spacial score (nSPS) is 25.4. The van der Waals surface area contributed by atoms with Crippen molar-refractivity contribution in [3.8, 4) is 0 Å². The van der Waals surface area contributed by atoms with E-state index in [0.717, 1.165) is 6.42 Å². The van der Waals surface area contributed by atoms with Gasteiger partial charge < -0.3 is 9.77 Å². The van der Waals surface area contributed by atoms with Crippen molar-refractivity contribution in [2.24, 2.45) is 5.41 Å². The number of carbonyl (C=O) groups is 2. The summed E-state index contributed by atoms with van der Waals surface area (Å²) in [5.74, 6) is -0.505. The van der Waals surface area contributed by atoms with Crippen LogP contribution in [-0.4, -0.2) is 39.0 Å². The van der Waals surface area contributed by atoms with E-state index in [9.17, 15) is 14.8 Å². The molecule has 1 aliphatic heterocycles. The highest BCUT2D eigenvalue weighted by Crippen LogP contribution is 2.49. The molecule has 2 rings (SSSR count). The lowest BCUT2D eigenvalue weighted by Crippen LogP contribution is -2.60. The number of piperidine rings is 1. The number of carbonyl (C=O) groups excluding carboxylic acids is 2. The molecule has 110 valence electrons. The number of ketones is 1. The molecule has 5 nitrogen and oxygen atoms in total. The number of Topliss-reactive ketones (excluding diaryl/α,β-unsaturated/α-hetero) is 1. The highest BCUT2D eigenvalue weighted by molar-refractivity contribution is 6.32. The molecule has 0 aromatic carbocycles. The molecule has 0 saturated carbocycles. The predicted octanol–water partition coefficient (Wildman–Crippen LogP) is 2.31. The molecule has 1 unspecified atom stereocenters. The van der Waals surface area contributed by atoms with E-state index in [4.69, 9.17) is 0 Å². The number of aromatic nitrogens is 1. The zero-order valence-electron chi connectivity index (χ0n) is 12.5. The molecule has 1 aromatic heterocycles. The van der Waals surface area contributed by atoms with E-state index in [-0.39, 0.29) is 11.5 Å². The Morgan fingerprint density at radius 2 is 2.05 bits per heavy atom. The van der Waals surface area contributed by atoms with E-state index >= 15 is 0 Å². The average molecular weight is 278 g/mol. The lowest BCUT2D eigenvalue weighted by molar-refractivity contribution is -0.231. The third kappa shape index (κ3) is 2.01. The minimum atomic E-state index is -0.505. The number of rotatable bonds is 3. The van der Waals surface area contributed by atoms with E-state index in [1.807, 2.05) is 24.6 Å². The Hall–Kier alpha value is -1.46. The number of nitrogens with zero attached hydrogens (tertiary/aromatic N) is 2. The van der Waals surface area contributed by atoms with Crippen molar-refractivity contribution < 1.29 is 14.8 Å². The van der Waals surface area contributed by atoms with Gasteiger partial charge in [-0.05, 0) is 32.4 Å². The van der Waals surface area contributed by atoms with Crippen molar-refractivity contribution in [3.63, 3.8) is 0 Å². The van der Waals surface area contributed by atoms with E-state index in [0.29, 0.717) is 18.5 Å². The Bertz CT molecular complexity index is 531. The van der Waals surface area contributed by atoms with E-state index in [1.165, 1.54) is 5.06 Å². The summed E-state index contributed by atoms with van der Waals surface area (Å²) in [6.07, 6.45) is 2.91. The van der Waals surface area contributed by atoms with Crippen LogP contribution in [0.25, 0.3) is 0 Å². The first-order valence-corrected chi connectivity index (χ1v) is 6.86. The SMILES string of the molecule is CC1(C)C(n2cccc2C(=O)C=O)CCN(O)C1(C)C. The largest absolute Gasteiger partial charge is 0.341 e. The summed E-state index contributed by atoms with van der Waals surface area (Å²) in [6.45, 7) is 8.67. The molecule has 1 atom stereocenters. The lowest BCUT2D eigenvalue weighted by atomic mass is 9.65. The van der Waals surface area contributed by atoms with Crippen molar-refractivity contribution >= 4 is 12.1 Å². The van der Waals surface area contributed by atoms with Crippen molar-refractivity contribution in [3.05, 3.63) is 24.0 Å². The first-order valence-electron chi connectivity index (χ1n) is 6.86. The van der Waals surface area contributed by atoms with E-state index in [2.05, 4.69) is 13.8 Å². The summed E-state index contributed by atoms with van der Waals surface area (Å²) in [7, 11) is 0. The Morgan fingerprint density at radius 1 is 1.40 bits per heavy atom. The molecule has 0 bridgehead atoms. The van der Waals surface area contributed by atoms with Gasteiger partial charge in [-0.15, -0.1) is 0 Å². The van der Waals surface area contributed by atoms with Gasteiger partial charge in [-0.3, -0.25) is 9.59 Å². The first-order chi connectivity index (χ1) is 9.23. The molecule has 0 aliphatic carbocycles. The van der Waals surface area contributed by atoms with Gasteiger partial charge in [0.25, 0.3) is 0 Å². The monoisotopic (exact) mass is 278 g/mol. The van der Waals surface area contributed by atoms with Gasteiger partial charge in [0.1, 0.15) is 0 Å². The molecule has 1 fully saturated rings. The Labute approximate surface area is 119 Å². The van der Waals surface area contributed by atoms with Gasteiger partial charge in [0, 0.05) is 29.7 Å². The third-order valence-corrected chi connectivity index (χ3v) is 5.14. The summed E-state index contributed by atoms with van der Waals surface area (Å²) >= 11 is 0. The number of hydroxylamine groups is 2. The van der Waals surface area contributed by atoms with Crippen LogP contribution >= 0.6 is 0 Å². The number of aldehydes is 1. The Balaban J connectivity index is 2.46. The highest BCUT2D eigenvalue weighted by atomic mass is 16.5. The van der Waals surface area contributed by atoms with Gasteiger partial charge in [-0.1, -0.05) is 13.8 Å². The average Bonchev–Trinajstić information content (AvgIpc) is 2.85. The van der Waals surface area contributed by atoms with E-state index in [1.54, 1.807) is 12.1 Å². The summed E-state index contributed by atoms with van der Waals surface area (Å²) in [5.41, 5.74) is -0.279. The minimum Gasteiger partial charge on any atom is -0.341 e. The van der Waals surface area contributed by atoms with Crippen LogP contribution in [0.1, 0.15) is 50.6 Å². The van der Waals surface area contributed by atoms with Crippen LogP contribution in [0, 0.1) is 5.41 Å². The molecule has 2 heterocycles. The van der Waals surface area contributed by atoms with Crippen molar-refractivity contribution in [1.29, 1.82) is 0 Å².